The molecule has 4 aromatic rings. The van der Waals surface area contributed by atoms with E-state index in [1.807, 2.05) is 34.6 Å². The summed E-state index contributed by atoms with van der Waals surface area (Å²) in [4.78, 5) is 45.6. The van der Waals surface area contributed by atoms with Crippen molar-refractivity contribution in [3.05, 3.63) is 139 Å². The van der Waals surface area contributed by atoms with Crippen molar-refractivity contribution in [3.63, 3.8) is 0 Å². The number of alkyl halides is 6. The molecule has 0 spiro atoms. The van der Waals surface area contributed by atoms with Crippen LogP contribution in [0.25, 0.3) is 0 Å². The summed E-state index contributed by atoms with van der Waals surface area (Å²) in [6, 6.07) is 27.7. The van der Waals surface area contributed by atoms with Crippen molar-refractivity contribution in [3.8, 4) is 0 Å². The zero-order valence-corrected chi connectivity index (χ0v) is 45.7. The minimum absolute atomic E-state index is 0. The van der Waals surface area contributed by atoms with Gasteiger partial charge >= 0.3 is 0 Å². The average Bonchev–Trinajstić information content (AvgIpc) is 3.18. The zero-order chi connectivity index (χ0) is 46.3. The molecule has 4 aromatic carbocycles. The van der Waals surface area contributed by atoms with Crippen LogP contribution in [0, 0.1) is 0 Å². The Morgan fingerprint density at radius 1 is 0.550 bits per heavy atom. The van der Waals surface area contributed by atoms with Crippen molar-refractivity contribution >= 4 is 176 Å². The monoisotopic (exact) mass is 1240 g/mol. The van der Waals surface area contributed by atoms with Crippen LogP contribution in [-0.4, -0.2) is 55.0 Å². The Balaban J connectivity index is -0.000000329. The van der Waals surface area contributed by atoms with Gasteiger partial charge in [0.1, 0.15) is 0 Å². The summed E-state index contributed by atoms with van der Waals surface area (Å²) in [5, 5.41) is 6.02. The lowest BCUT2D eigenvalue weighted by Crippen LogP contribution is -2.46. The quantitative estimate of drug-likeness (QED) is 0.133. The molecule has 4 rings (SSSR count). The highest BCUT2D eigenvalue weighted by Gasteiger charge is 2.20. The molecule has 0 aliphatic rings. The molecule has 60 heavy (non-hydrogen) atoms. The Hall–Kier alpha value is -0.240. The van der Waals surface area contributed by atoms with Gasteiger partial charge in [0.2, 0.25) is 0 Å². The number of Topliss-reactive ketones (excluding diaryl/α,β-unsaturated/α-hetero) is 4. The van der Waals surface area contributed by atoms with E-state index in [9.17, 15) is 19.2 Å². The smallest absolute Gasteiger partial charge is 0.179 e. The molecule has 0 bridgehead atoms. The summed E-state index contributed by atoms with van der Waals surface area (Å²) in [6.45, 7) is 13.4. The molecule has 0 heterocycles. The highest BCUT2D eigenvalue weighted by molar-refractivity contribution is 9.93. The van der Waals surface area contributed by atoms with Gasteiger partial charge in [-0.2, -0.15) is 0 Å². The molecule has 336 valence electrons. The normalized spacial score (nSPS) is 11.1. The number of hydrogen-bond acceptors (Lipinski definition) is 5. The Bertz CT molecular complexity index is 1750. The third-order valence-corrected chi connectivity index (χ3v) is 8.33. The Labute approximate surface area is 429 Å². The number of rotatable bonds is 9. The molecule has 0 aliphatic heterocycles. The summed E-state index contributed by atoms with van der Waals surface area (Å²) in [5.41, 5.74) is 2.56. The molecule has 1 N–H and O–H groups in total. The van der Waals surface area contributed by atoms with Crippen molar-refractivity contribution in [2.45, 2.75) is 83.5 Å². The predicted molar refractivity (Wildman–Crippen MR) is 280 cm³/mol. The number of hydrogen-bond donors (Lipinski definition) is 1. The molecule has 0 aromatic heterocycles. The third-order valence-electron chi connectivity index (χ3n) is 6.56. The topological polar surface area (TPSA) is 80.3 Å². The Morgan fingerprint density at radius 2 is 0.800 bits per heavy atom. The Kier molecular flexibility index (Phi) is 43.3. The largest absolute Gasteiger partial charge is 0.303 e. The first-order chi connectivity index (χ1) is 27.6. The van der Waals surface area contributed by atoms with Gasteiger partial charge in [-0.3, -0.25) is 19.2 Å². The van der Waals surface area contributed by atoms with E-state index in [1.165, 1.54) is 0 Å². The lowest BCUT2D eigenvalue weighted by Gasteiger charge is -2.25. The molecular formula is C43H51Br4Cl8NO4. The fourth-order valence-electron chi connectivity index (χ4n) is 4.22. The van der Waals surface area contributed by atoms with Gasteiger partial charge in [-0.05, 0) is 90.1 Å². The van der Waals surface area contributed by atoms with Crippen LogP contribution in [0.4, 0.5) is 0 Å². The molecule has 5 nitrogen and oxygen atoms in total. The van der Waals surface area contributed by atoms with Gasteiger partial charge in [0, 0.05) is 82.6 Å². The highest BCUT2D eigenvalue weighted by Crippen LogP contribution is 2.17. The van der Waals surface area contributed by atoms with Crippen LogP contribution < -0.4 is 5.32 Å². The second-order valence-corrected chi connectivity index (χ2v) is 18.6. The Morgan fingerprint density at radius 3 is 1.03 bits per heavy atom. The summed E-state index contributed by atoms with van der Waals surface area (Å²) in [5.74, 6) is 0.305. The third kappa shape index (κ3) is 33.3. The number of nitrogens with one attached hydrogen (secondary N) is 1. The lowest BCUT2D eigenvalue weighted by molar-refractivity contribution is 0.0934. The molecule has 0 radical (unpaired) electrons. The average molecular weight is 1250 g/mol. The number of carbonyl (C=O) groups excluding carboxylic acids is 4. The SMILES string of the molecule is BrBr.C.CC(Br)C(=O)c1cccc(Cl)c1.CC(Br)C(=O)c1cccc(Cl)c1.CC(NC(C)(C)C)C(=O)c1cccc(Cl)c1.CCC(=O)c1cccc(Cl)c1.ClCCl.ClCCl. The molecule has 0 aliphatic carbocycles. The van der Waals surface area contributed by atoms with Gasteiger partial charge in [0.15, 0.2) is 23.1 Å². The molecule has 0 saturated carbocycles. The van der Waals surface area contributed by atoms with Crippen molar-refractivity contribution in [2.24, 2.45) is 0 Å². The van der Waals surface area contributed by atoms with E-state index in [1.54, 1.807) is 111 Å². The number of halogens is 12. The van der Waals surface area contributed by atoms with Crippen LogP contribution in [-0.2, 0) is 0 Å². The lowest BCUT2D eigenvalue weighted by atomic mass is 10.0. The molecule has 3 atom stereocenters. The zero-order valence-electron chi connectivity index (χ0n) is 33.3. The van der Waals surface area contributed by atoms with Crippen LogP contribution in [0.3, 0.4) is 0 Å². The molecule has 17 heteroatoms. The van der Waals surface area contributed by atoms with Gasteiger partial charge in [-0.15, -0.1) is 46.4 Å². The van der Waals surface area contributed by atoms with Gasteiger partial charge in [0.25, 0.3) is 0 Å². The number of benzene rings is 4. The van der Waals surface area contributed by atoms with E-state index in [2.05, 4.69) is 65.4 Å². The first-order valence-corrected chi connectivity index (χ1v) is 26.4. The van der Waals surface area contributed by atoms with Crippen LogP contribution in [0.1, 0.15) is 104 Å². The van der Waals surface area contributed by atoms with Gasteiger partial charge in [-0.1, -0.05) is 141 Å². The highest BCUT2D eigenvalue weighted by atomic mass is 80.9. The molecule has 3 unspecified atom stereocenters. The van der Waals surface area contributed by atoms with Crippen molar-refractivity contribution in [1.29, 1.82) is 0 Å². The maximum absolute atomic E-state index is 12.1. The van der Waals surface area contributed by atoms with E-state index in [4.69, 9.17) is 92.8 Å². The first kappa shape index (κ1) is 66.4. The minimum atomic E-state index is -0.210. The second kappa shape index (κ2) is 39.2. The predicted octanol–water partition coefficient (Wildman–Crippen LogP) is 18.0. The van der Waals surface area contributed by atoms with E-state index >= 15 is 0 Å². The van der Waals surface area contributed by atoms with Crippen LogP contribution in [0.2, 0.25) is 20.1 Å². The van der Waals surface area contributed by atoms with E-state index in [0.29, 0.717) is 48.8 Å². The van der Waals surface area contributed by atoms with E-state index in [-0.39, 0.29) is 62.5 Å². The summed E-state index contributed by atoms with van der Waals surface area (Å²) < 4.78 is 0. The molecule has 0 fully saturated rings. The van der Waals surface area contributed by atoms with Gasteiger partial charge in [0.05, 0.1) is 26.4 Å². The fourth-order valence-corrected chi connectivity index (χ4v) is 5.51. The van der Waals surface area contributed by atoms with Crippen LogP contribution >= 0.6 is 153 Å². The van der Waals surface area contributed by atoms with Crippen molar-refractivity contribution in [2.75, 3.05) is 10.7 Å². The van der Waals surface area contributed by atoms with Crippen molar-refractivity contribution < 1.29 is 19.2 Å². The summed E-state index contributed by atoms with van der Waals surface area (Å²) in [6.07, 6.45) is 0.528. The van der Waals surface area contributed by atoms with Gasteiger partial charge in [-0.25, -0.2) is 0 Å². The number of ketones is 4. The minimum Gasteiger partial charge on any atom is -0.303 e. The maximum atomic E-state index is 12.1. The number of carbonyl (C=O) groups is 4. The van der Waals surface area contributed by atoms with E-state index < -0.39 is 0 Å². The standard InChI is InChI=1S/C13H18ClNO.2C9H8BrClO.C9H9ClO.2CH2Cl2.CH4.Br2/c1-9(15-13(2,3)4)12(16)10-6-5-7-11(14)8-10;2*1-6(10)9(12)7-3-2-4-8(11)5-7;1-2-9(11)7-4-3-5-8(10)6-7;2*2-1-3;;1-2/h5-9,15H,1-4H3;2*2-6H,1H3;3-6H,2H2,1H3;2*1H2;1H4;. The second-order valence-electron chi connectivity index (χ2n) is 12.5. The molecule has 0 saturated heterocycles. The molecule has 0 amide bonds. The van der Waals surface area contributed by atoms with Crippen LogP contribution in [0.15, 0.2) is 97.1 Å². The summed E-state index contributed by atoms with van der Waals surface area (Å²) in [7, 11) is 0. The van der Waals surface area contributed by atoms with E-state index in [0.717, 1.165) is 0 Å². The van der Waals surface area contributed by atoms with Crippen molar-refractivity contribution in [1.82, 2.24) is 5.32 Å². The molecular weight excluding hydrogens is 1200 g/mol. The maximum Gasteiger partial charge on any atom is 0.179 e. The fraction of sp³-hybridized carbons (Fsp3) is 0.349. The first-order valence-electron chi connectivity index (χ1n) is 17.2. The van der Waals surface area contributed by atoms with Gasteiger partial charge < -0.3 is 5.32 Å². The van der Waals surface area contributed by atoms with Crippen LogP contribution in [0.5, 0.6) is 0 Å². The summed E-state index contributed by atoms with van der Waals surface area (Å²) >= 11 is 54.0.